The fraction of sp³-hybridized carbons (Fsp3) is 0.750. The first kappa shape index (κ1) is 30.1. The van der Waals surface area contributed by atoms with Crippen molar-refractivity contribution in [2.75, 3.05) is 40.4 Å². The summed E-state index contributed by atoms with van der Waals surface area (Å²) in [6, 6.07) is 4.11. The van der Waals surface area contributed by atoms with Gasteiger partial charge in [0.25, 0.3) is 0 Å². The van der Waals surface area contributed by atoms with Crippen LogP contribution in [0.15, 0.2) is 18.2 Å². The van der Waals surface area contributed by atoms with E-state index in [1.54, 1.807) is 31.2 Å². The summed E-state index contributed by atoms with van der Waals surface area (Å²) in [6.45, 7) is 1.85. The van der Waals surface area contributed by atoms with E-state index in [1.807, 2.05) is 0 Å². The van der Waals surface area contributed by atoms with Crippen molar-refractivity contribution in [2.24, 2.45) is 5.92 Å². The van der Waals surface area contributed by atoms with Crippen molar-refractivity contribution in [1.29, 1.82) is 0 Å². The summed E-state index contributed by atoms with van der Waals surface area (Å²) in [6.07, 6.45) is 7.23. The minimum Gasteiger partial charge on any atom is -0.385 e. The zero-order chi connectivity index (χ0) is 26.9. The number of alkyl halides is 1. The fourth-order valence-corrected chi connectivity index (χ4v) is 6.28. The predicted molar refractivity (Wildman–Crippen MR) is 143 cm³/mol. The summed E-state index contributed by atoms with van der Waals surface area (Å²) in [4.78, 5) is 15.0. The maximum absolute atomic E-state index is 15.4. The van der Waals surface area contributed by atoms with E-state index in [-0.39, 0.29) is 41.5 Å². The van der Waals surface area contributed by atoms with Crippen molar-refractivity contribution in [3.8, 4) is 0 Å². The van der Waals surface area contributed by atoms with Crippen LogP contribution in [0.2, 0.25) is 5.02 Å². The third-order valence-electron chi connectivity index (χ3n) is 8.10. The second-order valence-corrected chi connectivity index (χ2v) is 11.3. The van der Waals surface area contributed by atoms with Crippen LogP contribution >= 0.6 is 11.6 Å². The molecule has 2 fully saturated rings. The summed E-state index contributed by atoms with van der Waals surface area (Å²) in [5, 5.41) is 18.1. The second kappa shape index (κ2) is 14.1. The lowest BCUT2D eigenvalue weighted by Gasteiger charge is -2.43. The number of benzene rings is 1. The second-order valence-electron chi connectivity index (χ2n) is 10.9. The van der Waals surface area contributed by atoms with E-state index in [0.29, 0.717) is 58.2 Å². The molecule has 1 aliphatic carbocycles. The molecular formula is C28H44ClF2N3O3. The molecule has 0 aromatic heterocycles. The molecule has 0 radical (unpaired) electrons. The molecule has 2 aliphatic rings. The predicted octanol–water partition coefficient (Wildman–Crippen LogP) is 5.56. The molecule has 1 saturated heterocycles. The van der Waals surface area contributed by atoms with E-state index < -0.39 is 17.1 Å². The lowest BCUT2D eigenvalue weighted by Crippen LogP contribution is -2.54. The van der Waals surface area contributed by atoms with Gasteiger partial charge in [-0.05, 0) is 58.1 Å². The maximum atomic E-state index is 15.4. The highest BCUT2D eigenvalue weighted by molar-refractivity contribution is 6.30. The van der Waals surface area contributed by atoms with E-state index in [1.165, 1.54) is 6.07 Å². The van der Waals surface area contributed by atoms with Crippen molar-refractivity contribution in [3.63, 3.8) is 0 Å². The number of halogens is 3. The molecule has 3 rings (SSSR count). The van der Waals surface area contributed by atoms with Crippen LogP contribution in [0.1, 0.15) is 76.2 Å². The van der Waals surface area contributed by atoms with Crippen LogP contribution in [0.25, 0.3) is 0 Å². The van der Waals surface area contributed by atoms with E-state index >= 15 is 8.78 Å². The number of piperidine rings is 1. The van der Waals surface area contributed by atoms with Gasteiger partial charge in [0.15, 0.2) is 0 Å². The summed E-state index contributed by atoms with van der Waals surface area (Å²) >= 11 is 6.08. The van der Waals surface area contributed by atoms with Crippen molar-refractivity contribution in [1.82, 2.24) is 15.5 Å². The molecular weight excluding hydrogens is 500 g/mol. The largest absolute Gasteiger partial charge is 0.385 e. The summed E-state index contributed by atoms with van der Waals surface area (Å²) < 4.78 is 35.7. The Bertz CT molecular complexity index is 871. The number of methoxy groups -OCH3 is 1. The molecule has 1 aromatic carbocycles. The minimum absolute atomic E-state index is 0.0315. The van der Waals surface area contributed by atoms with Gasteiger partial charge in [0.1, 0.15) is 11.5 Å². The van der Waals surface area contributed by atoms with Crippen LogP contribution < -0.4 is 10.6 Å². The average Bonchev–Trinajstić information content (AvgIpc) is 2.88. The lowest BCUT2D eigenvalue weighted by atomic mass is 9.74. The number of urea groups is 1. The minimum atomic E-state index is -1.48. The number of hydrogen-bond donors (Lipinski definition) is 3. The van der Waals surface area contributed by atoms with Crippen LogP contribution in [0, 0.1) is 11.7 Å². The van der Waals surface area contributed by atoms with E-state index in [9.17, 15) is 9.90 Å². The Kier molecular flexibility index (Phi) is 11.4. The Labute approximate surface area is 225 Å². The van der Waals surface area contributed by atoms with Crippen molar-refractivity contribution in [3.05, 3.63) is 34.6 Å². The standard InChI is InChI=1S/C28H44ClF2N3O3/c1-32-19-22(18-27(31)13-4-3-5-14-27)33-26(35)34-16-9-10-21(20-34)28(36,15-6-7-17-37-2)23-11-8-12-24(29)25(23)30/h8,11-12,21-22,32,36H,3-7,9-10,13-20H2,1-2H3,(H,33,35)/t21-,22?,28+/m1/s1. The zero-order valence-corrected chi connectivity index (χ0v) is 23.1. The molecule has 2 amide bonds. The molecule has 3 atom stereocenters. The van der Waals surface area contributed by atoms with Crippen molar-refractivity contribution >= 4 is 17.6 Å². The molecule has 1 aromatic rings. The highest BCUT2D eigenvalue weighted by Crippen LogP contribution is 2.42. The van der Waals surface area contributed by atoms with E-state index in [4.69, 9.17) is 16.3 Å². The summed E-state index contributed by atoms with van der Waals surface area (Å²) in [5.41, 5.74) is -2.55. The molecule has 37 heavy (non-hydrogen) atoms. The number of aliphatic hydroxyl groups is 1. The first-order valence-corrected chi connectivity index (χ1v) is 14.1. The molecule has 9 heteroatoms. The molecule has 0 spiro atoms. The number of unbranched alkanes of at least 4 members (excludes halogenated alkanes) is 1. The molecule has 1 heterocycles. The molecule has 1 aliphatic heterocycles. The van der Waals surface area contributed by atoms with Crippen LogP contribution in [0.5, 0.6) is 0 Å². The van der Waals surface area contributed by atoms with Gasteiger partial charge in [0, 0.05) is 57.3 Å². The number of likely N-dealkylation sites (tertiary alicyclic amines) is 1. The first-order valence-electron chi connectivity index (χ1n) is 13.8. The van der Waals surface area contributed by atoms with Gasteiger partial charge in [-0.25, -0.2) is 13.6 Å². The number of amides is 2. The third-order valence-corrected chi connectivity index (χ3v) is 8.39. The van der Waals surface area contributed by atoms with Gasteiger partial charge in [-0.1, -0.05) is 43.0 Å². The van der Waals surface area contributed by atoms with Gasteiger partial charge in [-0.2, -0.15) is 0 Å². The van der Waals surface area contributed by atoms with Gasteiger partial charge in [0.2, 0.25) is 0 Å². The van der Waals surface area contributed by atoms with E-state index in [2.05, 4.69) is 10.6 Å². The van der Waals surface area contributed by atoms with Gasteiger partial charge in [-0.3, -0.25) is 0 Å². The summed E-state index contributed by atoms with van der Waals surface area (Å²) in [5.74, 6) is -0.981. The van der Waals surface area contributed by atoms with Gasteiger partial charge in [0.05, 0.1) is 10.6 Å². The maximum Gasteiger partial charge on any atom is 0.317 e. The number of carbonyl (C=O) groups excluding carboxylic acids is 1. The highest BCUT2D eigenvalue weighted by Gasteiger charge is 2.43. The van der Waals surface area contributed by atoms with Crippen LogP contribution in [0.3, 0.4) is 0 Å². The number of rotatable bonds is 12. The molecule has 210 valence electrons. The fourth-order valence-electron chi connectivity index (χ4n) is 6.11. The number of nitrogens with zero attached hydrogens (tertiary/aromatic N) is 1. The Morgan fingerprint density at radius 3 is 2.76 bits per heavy atom. The van der Waals surface area contributed by atoms with Gasteiger partial charge >= 0.3 is 6.03 Å². The topological polar surface area (TPSA) is 73.8 Å². The first-order chi connectivity index (χ1) is 17.7. The smallest absolute Gasteiger partial charge is 0.317 e. The monoisotopic (exact) mass is 543 g/mol. The molecule has 6 nitrogen and oxygen atoms in total. The molecule has 1 saturated carbocycles. The Hall–Kier alpha value is -1.48. The Morgan fingerprint density at radius 1 is 1.30 bits per heavy atom. The number of ether oxygens (including phenoxy) is 1. The van der Waals surface area contributed by atoms with E-state index in [0.717, 1.165) is 25.7 Å². The molecule has 1 unspecified atom stereocenters. The zero-order valence-electron chi connectivity index (χ0n) is 22.3. The van der Waals surface area contributed by atoms with Crippen LogP contribution in [0.4, 0.5) is 13.6 Å². The Balaban J connectivity index is 1.74. The lowest BCUT2D eigenvalue weighted by molar-refractivity contribution is -0.0588. The number of nitrogens with one attached hydrogen (secondary N) is 2. The third kappa shape index (κ3) is 8.01. The number of likely N-dealkylation sites (N-methyl/N-ethyl adjacent to an activating group) is 1. The van der Waals surface area contributed by atoms with Crippen molar-refractivity contribution in [2.45, 2.75) is 87.9 Å². The number of carbonyl (C=O) groups is 1. The summed E-state index contributed by atoms with van der Waals surface area (Å²) in [7, 11) is 3.42. The van der Waals surface area contributed by atoms with Gasteiger partial charge < -0.3 is 25.4 Å². The van der Waals surface area contributed by atoms with Crippen molar-refractivity contribution < 1.29 is 23.4 Å². The number of hydrogen-bond acceptors (Lipinski definition) is 4. The van der Waals surface area contributed by atoms with Crippen LogP contribution in [-0.4, -0.2) is 68.1 Å². The Morgan fingerprint density at radius 2 is 2.05 bits per heavy atom. The highest BCUT2D eigenvalue weighted by atomic mass is 35.5. The SMILES string of the molecule is CNCC(CC1(F)CCCCC1)NC(=O)N1CCC[C@@H]([C@@](O)(CCCCOC)c2cccc(Cl)c2F)C1. The molecule has 0 bridgehead atoms. The normalized spacial score (nSPS) is 22.3. The van der Waals surface area contributed by atoms with Gasteiger partial charge in [-0.15, -0.1) is 0 Å². The average molecular weight is 544 g/mol. The van der Waals surface area contributed by atoms with Crippen LogP contribution in [-0.2, 0) is 10.3 Å². The quantitative estimate of drug-likeness (QED) is 0.302. The molecule has 3 N–H and O–H groups in total.